The Bertz CT molecular complexity index is 814. The van der Waals surface area contributed by atoms with Crippen LogP contribution in [0.4, 0.5) is 10.1 Å². The molecule has 0 radical (unpaired) electrons. The summed E-state index contributed by atoms with van der Waals surface area (Å²) >= 11 is 6.90. The van der Waals surface area contributed by atoms with Gasteiger partial charge >= 0.3 is 0 Å². The Kier molecular flexibility index (Phi) is 6.98. The van der Waals surface area contributed by atoms with Crippen LogP contribution < -0.4 is 11.1 Å². The van der Waals surface area contributed by atoms with E-state index >= 15 is 0 Å². The molecule has 26 heavy (non-hydrogen) atoms. The molecule has 2 rings (SSSR count). The molecular formula is C16H19ClFN5O2S. The van der Waals surface area contributed by atoms with Gasteiger partial charge in [0.15, 0.2) is 5.16 Å². The maximum atomic E-state index is 13.8. The number of nitrogens with zero attached hydrogens (tertiary/aromatic N) is 3. The van der Waals surface area contributed by atoms with Crippen molar-refractivity contribution in [2.24, 2.45) is 5.73 Å². The topological polar surface area (TPSA) is 103 Å². The van der Waals surface area contributed by atoms with Gasteiger partial charge in [-0.2, -0.15) is 0 Å². The van der Waals surface area contributed by atoms with E-state index in [1.165, 1.54) is 23.9 Å². The second kappa shape index (κ2) is 9.00. The number of anilines is 1. The number of amides is 2. The summed E-state index contributed by atoms with van der Waals surface area (Å²) in [6.45, 7) is 4.18. The van der Waals surface area contributed by atoms with Gasteiger partial charge in [0.1, 0.15) is 11.6 Å². The molecule has 0 bridgehead atoms. The van der Waals surface area contributed by atoms with Crippen LogP contribution in [-0.4, -0.2) is 31.8 Å². The molecular weight excluding hydrogens is 381 g/mol. The number of carbonyl (C=O) groups excluding carboxylic acids is 2. The van der Waals surface area contributed by atoms with Crippen LogP contribution >= 0.6 is 23.4 Å². The van der Waals surface area contributed by atoms with E-state index in [9.17, 15) is 14.0 Å². The number of aromatic nitrogens is 3. The number of hydrogen-bond donors (Lipinski definition) is 2. The molecule has 0 aliphatic heterocycles. The highest BCUT2D eigenvalue weighted by Crippen LogP contribution is 2.25. The first kappa shape index (κ1) is 20.2. The number of aryl methyl sites for hydroxylation is 1. The second-order valence-electron chi connectivity index (χ2n) is 5.48. The molecule has 7 nitrogen and oxygen atoms in total. The highest BCUT2D eigenvalue weighted by Gasteiger charge is 2.20. The maximum absolute atomic E-state index is 13.8. The molecule has 0 unspecified atom stereocenters. The van der Waals surface area contributed by atoms with E-state index < -0.39 is 17.0 Å². The molecule has 10 heteroatoms. The molecule has 1 atom stereocenters. The largest absolute Gasteiger partial charge is 0.370 e. The Morgan fingerprint density at radius 3 is 2.77 bits per heavy atom. The molecule has 3 N–H and O–H groups in total. The zero-order chi connectivity index (χ0) is 19.3. The third kappa shape index (κ3) is 5.18. The molecule has 140 valence electrons. The average Bonchev–Trinajstić information content (AvgIpc) is 2.96. The zero-order valence-corrected chi connectivity index (χ0v) is 15.9. The number of benzene rings is 1. The van der Waals surface area contributed by atoms with Crippen LogP contribution in [0.25, 0.3) is 0 Å². The summed E-state index contributed by atoms with van der Waals surface area (Å²) in [5.41, 5.74) is 5.22. The molecule has 1 aromatic heterocycles. The van der Waals surface area contributed by atoms with Gasteiger partial charge in [-0.1, -0.05) is 23.4 Å². The monoisotopic (exact) mass is 399 g/mol. The molecule has 0 saturated carbocycles. The first-order chi connectivity index (χ1) is 12.3. The van der Waals surface area contributed by atoms with Crippen LogP contribution in [-0.2, 0) is 22.6 Å². The summed E-state index contributed by atoms with van der Waals surface area (Å²) in [4.78, 5) is 23.3. The van der Waals surface area contributed by atoms with E-state index in [-0.39, 0.29) is 23.0 Å². The van der Waals surface area contributed by atoms with Crippen molar-refractivity contribution >= 4 is 40.9 Å². The van der Waals surface area contributed by atoms with Gasteiger partial charge in [0.05, 0.1) is 10.9 Å². The quantitative estimate of drug-likeness (QED) is 0.664. The van der Waals surface area contributed by atoms with E-state index in [1.807, 2.05) is 11.5 Å². The third-order valence-electron chi connectivity index (χ3n) is 3.55. The van der Waals surface area contributed by atoms with E-state index in [2.05, 4.69) is 15.5 Å². The lowest BCUT2D eigenvalue weighted by Crippen LogP contribution is -2.23. The highest BCUT2D eigenvalue weighted by atomic mass is 35.5. The molecule has 0 aliphatic carbocycles. The fourth-order valence-electron chi connectivity index (χ4n) is 2.18. The third-order valence-corrected chi connectivity index (χ3v) is 4.86. The zero-order valence-electron chi connectivity index (χ0n) is 14.3. The molecule has 0 spiro atoms. The van der Waals surface area contributed by atoms with Crippen molar-refractivity contribution in [2.75, 3.05) is 5.32 Å². The number of thioether (sulfide) groups is 1. The Hall–Kier alpha value is -2.13. The Morgan fingerprint density at radius 2 is 2.15 bits per heavy atom. The van der Waals surface area contributed by atoms with Crippen molar-refractivity contribution < 1.29 is 14.0 Å². The summed E-state index contributed by atoms with van der Waals surface area (Å²) in [6.07, 6.45) is 0.558. The Morgan fingerprint density at radius 1 is 1.42 bits per heavy atom. The van der Waals surface area contributed by atoms with Crippen LogP contribution in [0.1, 0.15) is 26.1 Å². The predicted molar refractivity (Wildman–Crippen MR) is 98.6 cm³/mol. The van der Waals surface area contributed by atoms with Crippen LogP contribution in [0.2, 0.25) is 5.02 Å². The van der Waals surface area contributed by atoms with Crippen LogP contribution in [0.5, 0.6) is 0 Å². The molecule has 2 aromatic rings. The number of nitrogens with one attached hydrogen (secondary N) is 1. The summed E-state index contributed by atoms with van der Waals surface area (Å²) in [7, 11) is 0. The van der Waals surface area contributed by atoms with Gasteiger partial charge < -0.3 is 15.6 Å². The summed E-state index contributed by atoms with van der Waals surface area (Å²) in [5, 5.41) is 10.9. The lowest BCUT2D eigenvalue weighted by Gasteiger charge is -2.13. The smallest absolute Gasteiger partial charge is 0.237 e. The first-order valence-electron chi connectivity index (χ1n) is 7.94. The molecule has 1 heterocycles. The number of nitrogens with two attached hydrogens (primary N) is 1. The van der Waals surface area contributed by atoms with E-state index in [0.29, 0.717) is 23.9 Å². The van der Waals surface area contributed by atoms with Gasteiger partial charge in [-0.15, -0.1) is 10.2 Å². The number of hydrogen-bond acceptors (Lipinski definition) is 5. The SMILES string of the molecule is CCn1c(CCC(N)=O)nnc1S[C@@H](C)C(=O)Nc1ccc(Cl)cc1F. The minimum atomic E-state index is -0.603. The van der Waals surface area contributed by atoms with E-state index in [4.69, 9.17) is 17.3 Å². The van der Waals surface area contributed by atoms with Crippen LogP contribution in [0.3, 0.4) is 0 Å². The van der Waals surface area contributed by atoms with Crippen molar-refractivity contribution in [2.45, 2.75) is 43.6 Å². The summed E-state index contributed by atoms with van der Waals surface area (Å²) in [5.74, 6) is -0.762. The van der Waals surface area contributed by atoms with E-state index in [0.717, 1.165) is 6.07 Å². The van der Waals surface area contributed by atoms with Crippen molar-refractivity contribution in [1.29, 1.82) is 0 Å². The standard InChI is InChI=1S/C16H19ClFN5O2S/c1-3-23-14(7-6-13(19)24)21-22-16(23)26-9(2)15(25)20-12-5-4-10(17)8-11(12)18/h4-5,8-9H,3,6-7H2,1-2H3,(H2,19,24)(H,20,25)/t9-/m0/s1. The molecule has 0 fully saturated rings. The van der Waals surface area contributed by atoms with Gasteiger partial charge in [-0.3, -0.25) is 9.59 Å². The first-order valence-corrected chi connectivity index (χ1v) is 9.20. The van der Waals surface area contributed by atoms with Gasteiger partial charge in [0, 0.05) is 24.4 Å². The van der Waals surface area contributed by atoms with Gasteiger partial charge in [-0.25, -0.2) is 4.39 Å². The van der Waals surface area contributed by atoms with Crippen molar-refractivity contribution in [3.8, 4) is 0 Å². The van der Waals surface area contributed by atoms with E-state index in [1.54, 1.807) is 6.92 Å². The number of primary amides is 1. The fourth-order valence-corrected chi connectivity index (χ4v) is 3.27. The Balaban J connectivity index is 2.05. The molecule has 0 saturated heterocycles. The lowest BCUT2D eigenvalue weighted by atomic mass is 10.3. The van der Waals surface area contributed by atoms with Gasteiger partial charge in [-0.05, 0) is 32.0 Å². The van der Waals surface area contributed by atoms with Gasteiger partial charge in [0.2, 0.25) is 11.8 Å². The molecule has 1 aromatic carbocycles. The van der Waals surface area contributed by atoms with Crippen molar-refractivity contribution in [3.63, 3.8) is 0 Å². The molecule has 0 aliphatic rings. The Labute approximate surface area is 159 Å². The van der Waals surface area contributed by atoms with Crippen molar-refractivity contribution in [3.05, 3.63) is 34.9 Å². The minimum absolute atomic E-state index is 0.0611. The number of carbonyl (C=O) groups is 2. The molecule has 2 amide bonds. The fraction of sp³-hybridized carbons (Fsp3) is 0.375. The summed E-state index contributed by atoms with van der Waals surface area (Å²) < 4.78 is 15.6. The van der Waals surface area contributed by atoms with Gasteiger partial charge in [0.25, 0.3) is 0 Å². The highest BCUT2D eigenvalue weighted by molar-refractivity contribution is 8.00. The second-order valence-corrected chi connectivity index (χ2v) is 7.23. The maximum Gasteiger partial charge on any atom is 0.237 e. The van der Waals surface area contributed by atoms with Crippen molar-refractivity contribution in [1.82, 2.24) is 14.8 Å². The lowest BCUT2D eigenvalue weighted by molar-refractivity contribution is -0.118. The summed E-state index contributed by atoms with van der Waals surface area (Å²) in [6, 6.07) is 4.04. The number of rotatable bonds is 8. The minimum Gasteiger partial charge on any atom is -0.370 e. The normalized spacial score (nSPS) is 12.0. The van der Waals surface area contributed by atoms with Crippen LogP contribution in [0, 0.1) is 5.82 Å². The number of halogens is 2. The van der Waals surface area contributed by atoms with Crippen LogP contribution in [0.15, 0.2) is 23.4 Å². The predicted octanol–water partition coefficient (Wildman–Crippen LogP) is 2.63. The average molecular weight is 400 g/mol.